The number of rotatable bonds is 2. The molecule has 1 heterocycles. The highest BCUT2D eigenvalue weighted by atomic mass is 16.6. The van der Waals surface area contributed by atoms with Crippen LogP contribution >= 0.6 is 0 Å². The molecule has 0 aliphatic carbocycles. The smallest absolute Gasteiger partial charge is 0.299 e. The fourth-order valence-corrected chi connectivity index (χ4v) is 2.11. The molecule has 0 bridgehead atoms. The van der Waals surface area contributed by atoms with Crippen LogP contribution < -0.4 is 10.2 Å². The van der Waals surface area contributed by atoms with Crippen LogP contribution in [0.15, 0.2) is 12.1 Å². The Morgan fingerprint density at radius 3 is 2.35 bits per heavy atom. The number of carbonyl (C=O) groups is 2. The highest BCUT2D eigenvalue weighted by molar-refractivity contribution is 6.53. The number of hydrogen-bond donors (Lipinski definition) is 1. The van der Waals surface area contributed by atoms with Crippen LogP contribution in [-0.4, -0.2) is 29.2 Å². The van der Waals surface area contributed by atoms with Crippen LogP contribution in [0.1, 0.15) is 31.1 Å². The summed E-state index contributed by atoms with van der Waals surface area (Å²) in [5.74, 6) is -1.41. The van der Waals surface area contributed by atoms with Gasteiger partial charge < -0.3 is 10.2 Å². The summed E-state index contributed by atoms with van der Waals surface area (Å²) >= 11 is 0. The van der Waals surface area contributed by atoms with Gasteiger partial charge in [0.25, 0.3) is 17.4 Å². The van der Waals surface area contributed by atoms with E-state index in [0.29, 0.717) is 5.69 Å². The molecule has 0 aromatic heterocycles. The van der Waals surface area contributed by atoms with Gasteiger partial charge in [0.15, 0.2) is 0 Å². The molecular weight excluding hydrogens is 262 g/mol. The summed E-state index contributed by atoms with van der Waals surface area (Å²) in [6.07, 6.45) is 0. The van der Waals surface area contributed by atoms with Crippen LogP contribution in [0.4, 0.5) is 17.1 Å². The van der Waals surface area contributed by atoms with Gasteiger partial charge in [-0.25, -0.2) is 0 Å². The largest absolute Gasteiger partial charge is 0.374 e. The van der Waals surface area contributed by atoms with Crippen molar-refractivity contribution in [2.45, 2.75) is 26.3 Å². The van der Waals surface area contributed by atoms with Crippen LogP contribution in [0.2, 0.25) is 0 Å². The number of nitrogens with one attached hydrogen (secondary N) is 1. The molecule has 1 aliphatic rings. The maximum atomic E-state index is 12.0. The third-order valence-electron chi connectivity index (χ3n) is 2.95. The van der Waals surface area contributed by atoms with Gasteiger partial charge in [-0.1, -0.05) is 0 Å². The monoisotopic (exact) mass is 277 g/mol. The molecule has 0 spiro atoms. The Labute approximate surface area is 115 Å². The van der Waals surface area contributed by atoms with E-state index < -0.39 is 22.2 Å². The van der Waals surface area contributed by atoms with Crippen LogP contribution in [0.3, 0.4) is 0 Å². The van der Waals surface area contributed by atoms with Gasteiger partial charge in [-0.05, 0) is 26.8 Å². The molecule has 7 heteroatoms. The van der Waals surface area contributed by atoms with Crippen LogP contribution in [0.5, 0.6) is 0 Å². The first-order valence-electron chi connectivity index (χ1n) is 6.05. The minimum atomic E-state index is -0.724. The topological polar surface area (TPSA) is 92.5 Å². The Morgan fingerprint density at radius 2 is 1.85 bits per heavy atom. The molecule has 0 radical (unpaired) electrons. The lowest BCUT2D eigenvalue weighted by atomic mass is 10.0. The quantitative estimate of drug-likeness (QED) is 0.507. The normalized spacial score (nSPS) is 14.5. The van der Waals surface area contributed by atoms with Gasteiger partial charge in [-0.15, -0.1) is 0 Å². The van der Waals surface area contributed by atoms with Gasteiger partial charge in [0.1, 0.15) is 5.69 Å². The molecule has 1 amide bonds. The first-order chi connectivity index (χ1) is 9.13. The Hall–Kier alpha value is -2.44. The third kappa shape index (κ3) is 2.11. The predicted molar refractivity (Wildman–Crippen MR) is 74.2 cm³/mol. The lowest BCUT2D eigenvalue weighted by molar-refractivity contribution is -0.384. The summed E-state index contributed by atoms with van der Waals surface area (Å²) in [7, 11) is 1.47. The van der Waals surface area contributed by atoms with E-state index in [9.17, 15) is 19.7 Å². The summed E-state index contributed by atoms with van der Waals surface area (Å²) in [5, 5.41) is 14.1. The van der Waals surface area contributed by atoms with Crippen LogP contribution in [-0.2, 0) is 4.79 Å². The zero-order chi connectivity index (χ0) is 15.2. The molecular formula is C13H15N3O4. The lowest BCUT2D eigenvalue weighted by Crippen LogP contribution is -2.28. The standard InChI is InChI=1S/C13H15N3O4/c1-13(2,3)14-10-8(16(19)20)6-5-7-9(10)11(17)12(18)15(7)4/h5-6,14H,1-4H3. The molecule has 106 valence electrons. The molecule has 1 aliphatic heterocycles. The van der Waals surface area contributed by atoms with Crippen LogP contribution in [0.25, 0.3) is 0 Å². The van der Waals surface area contributed by atoms with Crippen molar-refractivity contribution >= 4 is 28.8 Å². The number of nitrogens with zero attached hydrogens (tertiary/aromatic N) is 2. The SMILES string of the molecule is CN1C(=O)C(=O)c2c1ccc([N+](=O)[O-])c2NC(C)(C)C. The summed E-state index contributed by atoms with van der Waals surface area (Å²) in [4.78, 5) is 35.5. The maximum absolute atomic E-state index is 12.0. The number of nitro groups is 1. The maximum Gasteiger partial charge on any atom is 0.299 e. The van der Waals surface area contributed by atoms with E-state index in [2.05, 4.69) is 5.32 Å². The zero-order valence-electron chi connectivity index (χ0n) is 11.7. The molecule has 0 atom stereocenters. The predicted octanol–water partition coefficient (Wildman–Crippen LogP) is 1.96. The summed E-state index contributed by atoms with van der Waals surface area (Å²) < 4.78 is 0. The van der Waals surface area contributed by atoms with Crippen molar-refractivity contribution in [3.05, 3.63) is 27.8 Å². The number of anilines is 2. The molecule has 2 rings (SSSR count). The highest BCUT2D eigenvalue weighted by Crippen LogP contribution is 2.40. The zero-order valence-corrected chi connectivity index (χ0v) is 11.7. The van der Waals surface area contributed by atoms with Gasteiger partial charge >= 0.3 is 0 Å². The average molecular weight is 277 g/mol. The van der Waals surface area contributed by atoms with Crippen LogP contribution in [0, 0.1) is 10.1 Å². The van der Waals surface area contributed by atoms with Crippen molar-refractivity contribution in [3.63, 3.8) is 0 Å². The lowest BCUT2D eigenvalue weighted by Gasteiger charge is -2.23. The molecule has 0 unspecified atom stereocenters. The van der Waals surface area contributed by atoms with E-state index >= 15 is 0 Å². The summed E-state index contributed by atoms with van der Waals surface area (Å²) in [5.41, 5.74) is -0.138. The van der Waals surface area contributed by atoms with E-state index in [0.717, 1.165) is 0 Å². The fourth-order valence-electron chi connectivity index (χ4n) is 2.11. The fraction of sp³-hybridized carbons (Fsp3) is 0.385. The van der Waals surface area contributed by atoms with E-state index in [1.165, 1.54) is 24.1 Å². The minimum absolute atomic E-state index is 0.0709. The number of Topliss-reactive ketones (excluding diaryl/α,β-unsaturated/α-hetero) is 1. The number of carbonyl (C=O) groups excluding carboxylic acids is 2. The Bertz CT molecular complexity index is 631. The number of nitro benzene ring substituents is 1. The molecule has 7 nitrogen and oxygen atoms in total. The highest BCUT2D eigenvalue weighted by Gasteiger charge is 2.39. The van der Waals surface area contributed by atoms with E-state index in [-0.39, 0.29) is 16.9 Å². The third-order valence-corrected chi connectivity index (χ3v) is 2.95. The number of likely N-dealkylation sites (N-methyl/N-ethyl adjacent to an activating group) is 1. The summed E-state index contributed by atoms with van der Waals surface area (Å²) in [6.45, 7) is 5.46. The molecule has 1 N–H and O–H groups in total. The van der Waals surface area contributed by atoms with E-state index in [1.54, 1.807) is 0 Å². The van der Waals surface area contributed by atoms with Crippen molar-refractivity contribution in [1.29, 1.82) is 0 Å². The molecule has 1 aromatic rings. The van der Waals surface area contributed by atoms with E-state index in [1.807, 2.05) is 20.8 Å². The van der Waals surface area contributed by atoms with Crippen molar-refractivity contribution in [2.75, 3.05) is 17.3 Å². The first-order valence-corrected chi connectivity index (χ1v) is 6.05. The van der Waals surface area contributed by atoms with Gasteiger partial charge in [0, 0.05) is 18.7 Å². The minimum Gasteiger partial charge on any atom is -0.374 e. The summed E-state index contributed by atoms with van der Waals surface area (Å²) in [6, 6.07) is 2.72. The number of benzene rings is 1. The average Bonchev–Trinajstić information content (AvgIpc) is 2.53. The van der Waals surface area contributed by atoms with Crippen molar-refractivity contribution in [2.24, 2.45) is 0 Å². The van der Waals surface area contributed by atoms with Gasteiger partial charge in [-0.2, -0.15) is 0 Å². The molecule has 1 aromatic carbocycles. The molecule has 0 saturated carbocycles. The van der Waals surface area contributed by atoms with Gasteiger partial charge in [0.05, 0.1) is 16.2 Å². The molecule has 20 heavy (non-hydrogen) atoms. The molecule has 0 saturated heterocycles. The van der Waals surface area contributed by atoms with Crippen molar-refractivity contribution in [1.82, 2.24) is 0 Å². The first kappa shape index (κ1) is 14.0. The Morgan fingerprint density at radius 1 is 1.25 bits per heavy atom. The molecule has 0 fully saturated rings. The second kappa shape index (κ2) is 4.29. The van der Waals surface area contributed by atoms with Gasteiger partial charge in [-0.3, -0.25) is 19.7 Å². The van der Waals surface area contributed by atoms with E-state index in [4.69, 9.17) is 0 Å². The second-order valence-electron chi connectivity index (χ2n) is 5.68. The number of hydrogen-bond acceptors (Lipinski definition) is 5. The number of fused-ring (bicyclic) bond motifs is 1. The van der Waals surface area contributed by atoms with Crippen molar-refractivity contribution < 1.29 is 14.5 Å². The van der Waals surface area contributed by atoms with Crippen molar-refractivity contribution in [3.8, 4) is 0 Å². The number of ketones is 1. The van der Waals surface area contributed by atoms with Gasteiger partial charge in [0.2, 0.25) is 0 Å². The Kier molecular flexibility index (Phi) is 3.00. The number of amides is 1. The Balaban J connectivity index is 2.72. The second-order valence-corrected chi connectivity index (χ2v) is 5.68.